The topological polar surface area (TPSA) is 80.5 Å². The van der Waals surface area contributed by atoms with E-state index in [1.165, 1.54) is 6.20 Å². The Hall–Kier alpha value is -2.15. The summed E-state index contributed by atoms with van der Waals surface area (Å²) in [5.74, 6) is -0.981. The summed E-state index contributed by atoms with van der Waals surface area (Å²) < 4.78 is 7.18. The van der Waals surface area contributed by atoms with Gasteiger partial charge in [-0.25, -0.2) is 9.78 Å². The third-order valence-electron chi connectivity index (χ3n) is 3.88. The fourth-order valence-corrected chi connectivity index (χ4v) is 2.80. The minimum Gasteiger partial charge on any atom is -0.478 e. The van der Waals surface area contributed by atoms with Crippen LogP contribution < -0.4 is 4.90 Å². The van der Waals surface area contributed by atoms with Gasteiger partial charge in [0.25, 0.3) is 0 Å². The number of aryl methyl sites for hydroxylation is 1. The number of rotatable bonds is 2. The molecule has 0 spiro atoms. The van der Waals surface area contributed by atoms with E-state index in [-0.39, 0.29) is 11.1 Å². The number of ether oxygens (including phenoxy) is 1. The van der Waals surface area contributed by atoms with Gasteiger partial charge in [0.2, 0.25) is 0 Å². The lowest BCUT2D eigenvalue weighted by Gasteiger charge is -2.44. The molecular formula is C14H18N4O3. The summed E-state index contributed by atoms with van der Waals surface area (Å²) in [7, 11) is 1.80. The molecule has 2 aromatic heterocycles. The van der Waals surface area contributed by atoms with Crippen LogP contribution in [0.5, 0.6) is 0 Å². The molecule has 7 nitrogen and oxygen atoms in total. The van der Waals surface area contributed by atoms with E-state index in [9.17, 15) is 9.90 Å². The van der Waals surface area contributed by atoms with E-state index in [0.717, 1.165) is 5.39 Å². The molecule has 1 fully saturated rings. The minimum absolute atomic E-state index is 0.200. The molecule has 0 aromatic carbocycles. The summed E-state index contributed by atoms with van der Waals surface area (Å²) in [5, 5.41) is 14.5. The number of carbonyl (C=O) groups is 1. The zero-order valence-corrected chi connectivity index (χ0v) is 12.3. The number of hydrogen-bond donors (Lipinski definition) is 1. The van der Waals surface area contributed by atoms with Gasteiger partial charge < -0.3 is 14.7 Å². The monoisotopic (exact) mass is 290 g/mol. The van der Waals surface area contributed by atoms with Crippen molar-refractivity contribution in [3.05, 3.63) is 18.0 Å². The maximum atomic E-state index is 11.6. The number of carboxylic acid groups (broad SMARTS) is 1. The van der Waals surface area contributed by atoms with Crippen molar-refractivity contribution in [3.8, 4) is 0 Å². The second kappa shape index (κ2) is 4.70. The van der Waals surface area contributed by atoms with Crippen molar-refractivity contribution >= 4 is 22.7 Å². The first-order valence-electron chi connectivity index (χ1n) is 6.81. The Balaban J connectivity index is 2.27. The molecule has 0 aliphatic carbocycles. The van der Waals surface area contributed by atoms with Gasteiger partial charge in [0.15, 0.2) is 5.65 Å². The lowest BCUT2D eigenvalue weighted by molar-refractivity contribution is 0.0631. The van der Waals surface area contributed by atoms with Gasteiger partial charge in [0.1, 0.15) is 5.56 Å². The zero-order chi connectivity index (χ0) is 15.2. The standard InChI is InChI=1S/C14H18N4O3/c1-14(2)8-21-5-4-18(14)11-9-7-16-17(3)12(9)15-6-10(11)13(19)20/h6-7H,4-5,8H2,1-3H3,(H,19,20). The van der Waals surface area contributed by atoms with Crippen molar-refractivity contribution in [1.29, 1.82) is 0 Å². The SMILES string of the molecule is Cn1ncc2c(N3CCOCC3(C)C)c(C(=O)O)cnc21. The molecule has 0 atom stereocenters. The van der Waals surface area contributed by atoms with Crippen LogP contribution in [0.25, 0.3) is 11.0 Å². The summed E-state index contributed by atoms with van der Waals surface area (Å²) in [4.78, 5) is 17.9. The molecule has 0 saturated carbocycles. The van der Waals surface area contributed by atoms with Crippen LogP contribution in [0.2, 0.25) is 0 Å². The van der Waals surface area contributed by atoms with Crippen molar-refractivity contribution < 1.29 is 14.6 Å². The zero-order valence-electron chi connectivity index (χ0n) is 12.3. The van der Waals surface area contributed by atoms with E-state index >= 15 is 0 Å². The maximum Gasteiger partial charge on any atom is 0.339 e. The summed E-state index contributed by atoms with van der Waals surface area (Å²) in [5.41, 5.74) is 1.27. The Labute approximate surface area is 122 Å². The molecule has 112 valence electrons. The summed E-state index contributed by atoms with van der Waals surface area (Å²) in [6.45, 7) is 5.85. The van der Waals surface area contributed by atoms with Crippen LogP contribution in [-0.2, 0) is 11.8 Å². The fourth-order valence-electron chi connectivity index (χ4n) is 2.80. The lowest BCUT2D eigenvalue weighted by Crippen LogP contribution is -2.53. The number of fused-ring (bicyclic) bond motifs is 1. The van der Waals surface area contributed by atoms with Crippen LogP contribution in [0.3, 0.4) is 0 Å². The molecular weight excluding hydrogens is 272 g/mol. The Morgan fingerprint density at radius 1 is 1.43 bits per heavy atom. The van der Waals surface area contributed by atoms with E-state index in [1.807, 2.05) is 13.8 Å². The quantitative estimate of drug-likeness (QED) is 0.897. The molecule has 3 heterocycles. The van der Waals surface area contributed by atoms with E-state index in [1.54, 1.807) is 17.9 Å². The van der Waals surface area contributed by atoms with Gasteiger partial charge in [-0.2, -0.15) is 5.10 Å². The highest BCUT2D eigenvalue weighted by Gasteiger charge is 2.34. The van der Waals surface area contributed by atoms with Gasteiger partial charge in [-0.3, -0.25) is 4.68 Å². The minimum atomic E-state index is -0.981. The normalized spacial score (nSPS) is 18.1. The first kappa shape index (κ1) is 13.8. The Morgan fingerprint density at radius 3 is 2.86 bits per heavy atom. The van der Waals surface area contributed by atoms with Crippen LogP contribution >= 0.6 is 0 Å². The average Bonchev–Trinajstić information content (AvgIpc) is 2.79. The van der Waals surface area contributed by atoms with Crippen LogP contribution in [0.4, 0.5) is 5.69 Å². The summed E-state index contributed by atoms with van der Waals surface area (Å²) in [6.07, 6.45) is 3.09. The lowest BCUT2D eigenvalue weighted by atomic mass is 9.99. The van der Waals surface area contributed by atoms with Crippen molar-refractivity contribution in [2.24, 2.45) is 7.05 Å². The Morgan fingerprint density at radius 2 is 2.19 bits per heavy atom. The smallest absolute Gasteiger partial charge is 0.339 e. The van der Waals surface area contributed by atoms with Gasteiger partial charge in [-0.15, -0.1) is 0 Å². The summed E-state index contributed by atoms with van der Waals surface area (Å²) in [6, 6.07) is 0. The molecule has 0 unspecified atom stereocenters. The third kappa shape index (κ3) is 2.13. The van der Waals surface area contributed by atoms with Crippen LogP contribution in [-0.4, -0.2) is 51.1 Å². The molecule has 2 aromatic rings. The highest BCUT2D eigenvalue weighted by Crippen LogP contribution is 2.35. The van der Waals surface area contributed by atoms with Crippen LogP contribution in [0.15, 0.2) is 12.4 Å². The predicted molar refractivity (Wildman–Crippen MR) is 77.7 cm³/mol. The summed E-state index contributed by atoms with van der Waals surface area (Å²) >= 11 is 0. The Bertz CT molecular complexity index is 708. The predicted octanol–water partition coefficient (Wildman–Crippen LogP) is 1.28. The fraction of sp³-hybridized carbons (Fsp3) is 0.500. The number of anilines is 1. The van der Waals surface area contributed by atoms with E-state index in [2.05, 4.69) is 15.0 Å². The van der Waals surface area contributed by atoms with E-state index < -0.39 is 5.97 Å². The number of aromatic nitrogens is 3. The van der Waals surface area contributed by atoms with Gasteiger partial charge in [-0.1, -0.05) is 0 Å². The van der Waals surface area contributed by atoms with E-state index in [0.29, 0.717) is 31.1 Å². The molecule has 1 aliphatic heterocycles. The first-order valence-corrected chi connectivity index (χ1v) is 6.81. The third-order valence-corrected chi connectivity index (χ3v) is 3.88. The van der Waals surface area contributed by atoms with Crippen molar-refractivity contribution in [2.45, 2.75) is 19.4 Å². The van der Waals surface area contributed by atoms with Gasteiger partial charge >= 0.3 is 5.97 Å². The molecule has 21 heavy (non-hydrogen) atoms. The maximum absolute atomic E-state index is 11.6. The molecule has 0 radical (unpaired) electrons. The van der Waals surface area contributed by atoms with Crippen LogP contribution in [0, 0.1) is 0 Å². The molecule has 1 N–H and O–H groups in total. The molecule has 3 rings (SSSR count). The highest BCUT2D eigenvalue weighted by molar-refractivity contribution is 6.04. The second-order valence-corrected chi connectivity index (χ2v) is 5.85. The molecule has 7 heteroatoms. The van der Waals surface area contributed by atoms with Crippen LogP contribution in [0.1, 0.15) is 24.2 Å². The Kier molecular flexibility index (Phi) is 3.09. The molecule has 1 saturated heterocycles. The molecule has 1 aliphatic rings. The number of carboxylic acids is 1. The van der Waals surface area contributed by atoms with E-state index in [4.69, 9.17) is 4.74 Å². The molecule has 0 bridgehead atoms. The second-order valence-electron chi connectivity index (χ2n) is 5.85. The number of morpholine rings is 1. The van der Waals surface area contributed by atoms with Crippen molar-refractivity contribution in [2.75, 3.05) is 24.7 Å². The number of aromatic carboxylic acids is 1. The highest BCUT2D eigenvalue weighted by atomic mass is 16.5. The van der Waals surface area contributed by atoms with Crippen molar-refractivity contribution in [3.63, 3.8) is 0 Å². The molecule has 0 amide bonds. The van der Waals surface area contributed by atoms with Gasteiger partial charge in [0, 0.05) is 19.8 Å². The van der Waals surface area contributed by atoms with Crippen molar-refractivity contribution in [1.82, 2.24) is 14.8 Å². The average molecular weight is 290 g/mol. The number of nitrogens with zero attached hydrogens (tertiary/aromatic N) is 4. The van der Waals surface area contributed by atoms with Gasteiger partial charge in [-0.05, 0) is 13.8 Å². The number of pyridine rings is 1. The largest absolute Gasteiger partial charge is 0.478 e. The number of hydrogen-bond acceptors (Lipinski definition) is 5. The first-order chi connectivity index (χ1) is 9.92. The van der Waals surface area contributed by atoms with Gasteiger partial charge in [0.05, 0.1) is 36.0 Å².